The van der Waals surface area contributed by atoms with Gasteiger partial charge in [0.2, 0.25) is 0 Å². The van der Waals surface area contributed by atoms with E-state index in [0.29, 0.717) is 12.0 Å². The van der Waals surface area contributed by atoms with Gasteiger partial charge < -0.3 is 10.7 Å². The largest absolute Gasteiger partial charge is 0.744 e. The van der Waals surface area contributed by atoms with E-state index < -0.39 is 10.1 Å². The summed E-state index contributed by atoms with van der Waals surface area (Å²) in [6.07, 6.45) is 2.45. The Hall–Kier alpha value is -1.43. The summed E-state index contributed by atoms with van der Waals surface area (Å²) in [5.74, 6) is 0. The van der Waals surface area contributed by atoms with Crippen molar-refractivity contribution >= 4 is 20.9 Å². The van der Waals surface area contributed by atoms with Crippen LogP contribution in [-0.4, -0.2) is 13.0 Å². The van der Waals surface area contributed by atoms with Crippen LogP contribution in [0, 0.1) is 0 Å². The molecule has 0 radical (unpaired) electrons. The molecule has 2 aromatic carbocycles. The second kappa shape index (κ2) is 6.14. The zero-order chi connectivity index (χ0) is 13.2. The Morgan fingerprint density at radius 2 is 1.79 bits per heavy atom. The normalized spacial score (nSPS) is 11.3. The molecule has 0 bridgehead atoms. The molecule has 0 atom stereocenters. The van der Waals surface area contributed by atoms with Crippen LogP contribution in [0.1, 0.15) is 25.3 Å². The van der Waals surface area contributed by atoms with Crippen molar-refractivity contribution in [3.05, 3.63) is 42.0 Å². The van der Waals surface area contributed by atoms with E-state index in [1.54, 1.807) is 6.07 Å². The molecule has 4 N–H and O–H groups in total. The topological polar surface area (TPSA) is 93.7 Å². The minimum absolute atomic E-state index is 0. The van der Waals surface area contributed by atoms with Crippen LogP contribution in [0.5, 0.6) is 0 Å². The van der Waals surface area contributed by atoms with Crippen molar-refractivity contribution in [1.82, 2.24) is 6.15 Å². The van der Waals surface area contributed by atoms with E-state index in [9.17, 15) is 13.0 Å². The Bertz CT molecular complexity index is 665. The van der Waals surface area contributed by atoms with Gasteiger partial charge in [0.05, 0.1) is 4.90 Å². The smallest absolute Gasteiger partial charge is 0.124 e. The van der Waals surface area contributed by atoms with E-state index >= 15 is 0 Å². The number of hydrogen-bond acceptors (Lipinski definition) is 3. The Kier molecular flexibility index (Phi) is 5.05. The second-order valence-electron chi connectivity index (χ2n) is 4.32. The predicted molar refractivity (Wildman–Crippen MR) is 76.5 cm³/mol. The summed E-state index contributed by atoms with van der Waals surface area (Å²) in [5.41, 5.74) is 0.657. The molecular weight excluding hydrogens is 262 g/mol. The third-order valence-electron chi connectivity index (χ3n) is 3.05. The van der Waals surface area contributed by atoms with E-state index in [1.807, 2.05) is 31.2 Å². The molecule has 0 saturated carbocycles. The molecule has 5 heteroatoms. The molecule has 0 amide bonds. The van der Waals surface area contributed by atoms with Gasteiger partial charge in [-0.2, -0.15) is 0 Å². The Balaban J connectivity index is 0.00000180. The molecule has 19 heavy (non-hydrogen) atoms. The highest BCUT2D eigenvalue weighted by atomic mass is 32.2. The molecule has 104 valence electrons. The number of benzene rings is 2. The fourth-order valence-corrected chi connectivity index (χ4v) is 2.91. The average molecular weight is 281 g/mol. The maximum atomic E-state index is 11.3. The van der Waals surface area contributed by atoms with E-state index in [-0.39, 0.29) is 11.0 Å². The highest BCUT2D eigenvalue weighted by Crippen LogP contribution is 2.27. The molecule has 0 fully saturated rings. The van der Waals surface area contributed by atoms with Gasteiger partial charge in [0.25, 0.3) is 0 Å². The zero-order valence-corrected chi connectivity index (χ0v) is 12.0. The molecule has 0 heterocycles. The molecule has 0 aliphatic heterocycles. The second-order valence-corrected chi connectivity index (χ2v) is 5.67. The molecule has 2 aromatic rings. The van der Waals surface area contributed by atoms with Crippen LogP contribution >= 0.6 is 0 Å². The van der Waals surface area contributed by atoms with Crippen molar-refractivity contribution < 1.29 is 13.0 Å². The quantitative estimate of drug-likeness (QED) is 0.869. The van der Waals surface area contributed by atoms with Crippen molar-refractivity contribution in [3.63, 3.8) is 0 Å². The molecule has 0 saturated heterocycles. The van der Waals surface area contributed by atoms with E-state index in [2.05, 4.69) is 0 Å². The first kappa shape index (κ1) is 15.6. The van der Waals surface area contributed by atoms with Crippen molar-refractivity contribution in [2.45, 2.75) is 31.1 Å². The molecule has 0 aliphatic rings. The maximum absolute atomic E-state index is 11.3. The third kappa shape index (κ3) is 3.32. The van der Waals surface area contributed by atoms with E-state index in [0.717, 1.165) is 23.6 Å². The van der Waals surface area contributed by atoms with Crippen molar-refractivity contribution in [2.24, 2.45) is 0 Å². The summed E-state index contributed by atoms with van der Waals surface area (Å²) in [5, 5.41) is 1.83. The molecule has 0 unspecified atom stereocenters. The maximum Gasteiger partial charge on any atom is 0.124 e. The number of rotatable bonds is 4. The first-order valence-corrected chi connectivity index (χ1v) is 7.41. The summed E-state index contributed by atoms with van der Waals surface area (Å²) < 4.78 is 33.9. The minimum Gasteiger partial charge on any atom is -0.744 e. The highest BCUT2D eigenvalue weighted by molar-refractivity contribution is 7.85. The van der Waals surface area contributed by atoms with E-state index in [4.69, 9.17) is 0 Å². The fraction of sp³-hybridized carbons (Fsp3) is 0.286. The van der Waals surface area contributed by atoms with Crippen molar-refractivity contribution in [3.8, 4) is 0 Å². The first-order valence-electron chi connectivity index (χ1n) is 6.00. The summed E-state index contributed by atoms with van der Waals surface area (Å²) >= 11 is 0. The van der Waals surface area contributed by atoms with Gasteiger partial charge in [0, 0.05) is 0 Å². The highest BCUT2D eigenvalue weighted by Gasteiger charge is 2.11. The van der Waals surface area contributed by atoms with Crippen LogP contribution in [0.4, 0.5) is 0 Å². The molecule has 0 aromatic heterocycles. The molecule has 0 spiro atoms. The van der Waals surface area contributed by atoms with Gasteiger partial charge in [-0.1, -0.05) is 43.7 Å². The fourth-order valence-electron chi connectivity index (χ4n) is 2.16. The van der Waals surface area contributed by atoms with Crippen LogP contribution in [0.3, 0.4) is 0 Å². The zero-order valence-electron chi connectivity index (χ0n) is 11.2. The Morgan fingerprint density at radius 3 is 2.42 bits per heavy atom. The van der Waals surface area contributed by atoms with Crippen LogP contribution in [0.25, 0.3) is 10.8 Å². The molecular formula is C14H19NO3S. The monoisotopic (exact) mass is 281 g/mol. The minimum atomic E-state index is -4.41. The number of aryl methyl sites for hydroxylation is 1. The molecule has 0 aliphatic carbocycles. The third-order valence-corrected chi connectivity index (χ3v) is 3.97. The van der Waals surface area contributed by atoms with Crippen molar-refractivity contribution in [2.75, 3.05) is 0 Å². The first-order chi connectivity index (χ1) is 8.54. The van der Waals surface area contributed by atoms with E-state index in [1.165, 1.54) is 6.07 Å². The number of unbranched alkanes of at least 4 members (excludes halogenated alkanes) is 1. The van der Waals surface area contributed by atoms with Crippen LogP contribution < -0.4 is 6.15 Å². The van der Waals surface area contributed by atoms with Gasteiger partial charge in [0.1, 0.15) is 10.1 Å². The Labute approximate surface area is 113 Å². The number of quaternary nitrogens is 1. The lowest BCUT2D eigenvalue weighted by Gasteiger charge is -2.15. The lowest BCUT2D eigenvalue weighted by Crippen LogP contribution is -2.04. The van der Waals surface area contributed by atoms with Crippen LogP contribution in [0.2, 0.25) is 0 Å². The van der Waals surface area contributed by atoms with Crippen molar-refractivity contribution in [1.29, 1.82) is 0 Å². The summed E-state index contributed by atoms with van der Waals surface area (Å²) in [6.45, 7) is 2.04. The SMILES string of the molecule is CCCCc1c(S(=O)(=O)[O-])ccc2ccccc12.[NH4+]. The lowest BCUT2D eigenvalue weighted by molar-refractivity contribution is 0.462. The van der Waals surface area contributed by atoms with Gasteiger partial charge in [0.15, 0.2) is 0 Å². The summed E-state index contributed by atoms with van der Waals surface area (Å²) in [6, 6.07) is 10.7. The Morgan fingerprint density at radius 1 is 1.11 bits per heavy atom. The van der Waals surface area contributed by atoms with Gasteiger partial charge in [-0.05, 0) is 35.2 Å². The van der Waals surface area contributed by atoms with Gasteiger partial charge in [-0.15, -0.1) is 0 Å². The summed E-state index contributed by atoms with van der Waals surface area (Å²) in [7, 11) is -4.41. The lowest BCUT2D eigenvalue weighted by atomic mass is 10.0. The van der Waals surface area contributed by atoms with Gasteiger partial charge in [-0.25, -0.2) is 8.42 Å². The van der Waals surface area contributed by atoms with Gasteiger partial charge in [-0.3, -0.25) is 0 Å². The predicted octanol–water partition coefficient (Wildman–Crippen LogP) is 3.46. The molecule has 2 rings (SSSR count). The number of fused-ring (bicyclic) bond motifs is 1. The average Bonchev–Trinajstić information content (AvgIpc) is 2.34. The van der Waals surface area contributed by atoms with Crippen LogP contribution in [0.15, 0.2) is 41.3 Å². The number of hydrogen-bond donors (Lipinski definition) is 1. The molecule has 4 nitrogen and oxygen atoms in total. The standard InChI is InChI=1S/C14H16O3S.H3N/c1-2-3-7-13-12-8-5-4-6-11(12)9-10-14(13)18(15,16)17;/h4-6,8-10H,2-3,7H2,1H3,(H,15,16,17);1H3. The van der Waals surface area contributed by atoms with Gasteiger partial charge >= 0.3 is 0 Å². The van der Waals surface area contributed by atoms with Crippen LogP contribution in [-0.2, 0) is 16.5 Å². The summed E-state index contributed by atoms with van der Waals surface area (Å²) in [4.78, 5) is -0.0744.